The maximum absolute atomic E-state index is 12.9. The van der Waals surface area contributed by atoms with Crippen LogP contribution in [0, 0.1) is 11.8 Å². The first-order valence-electron chi connectivity index (χ1n) is 12.4. The highest BCUT2D eigenvalue weighted by atomic mass is 32.2. The zero-order chi connectivity index (χ0) is 24.3. The first-order chi connectivity index (χ1) is 16.2. The Kier molecular flexibility index (Phi) is 7.82. The van der Waals surface area contributed by atoms with Crippen LogP contribution in [0.1, 0.15) is 65.2 Å². The minimum atomic E-state index is -3.57. The molecule has 2 saturated carbocycles. The van der Waals surface area contributed by atoms with E-state index >= 15 is 0 Å². The maximum atomic E-state index is 12.9. The molecule has 0 amide bonds. The van der Waals surface area contributed by atoms with E-state index in [0.29, 0.717) is 11.8 Å². The van der Waals surface area contributed by atoms with E-state index in [-0.39, 0.29) is 21.9 Å². The molecule has 0 bridgehead atoms. The first kappa shape index (κ1) is 25.4. The summed E-state index contributed by atoms with van der Waals surface area (Å²) in [5.41, 5.74) is 1.67. The minimum Gasteiger partial charge on any atom is -0.208 e. The third-order valence-electron chi connectivity index (χ3n) is 7.50. The Morgan fingerprint density at radius 2 is 0.882 bits per heavy atom. The summed E-state index contributed by atoms with van der Waals surface area (Å²) in [6.45, 7) is 4.20. The molecule has 6 nitrogen and oxygen atoms in total. The standard InChI is InChI=1S/C26H36N2O4S2/c1-19-7-3-5-9-25(19)27-33(29,30)23-15-11-21(12-16-23)22-13-17-24(18-14-22)34(31,32)28-26-10-6-4-8-20(26)2/h11-20,25-28H,3-10H2,1-2H3. The molecule has 4 rings (SSSR count). The summed E-state index contributed by atoms with van der Waals surface area (Å²) in [6.07, 6.45) is 8.27. The molecule has 186 valence electrons. The van der Waals surface area contributed by atoms with Crippen molar-refractivity contribution in [3.8, 4) is 11.1 Å². The predicted molar refractivity (Wildman–Crippen MR) is 135 cm³/mol. The first-order valence-corrected chi connectivity index (χ1v) is 15.4. The van der Waals surface area contributed by atoms with Crippen LogP contribution in [-0.2, 0) is 20.0 Å². The largest absolute Gasteiger partial charge is 0.240 e. The molecule has 0 spiro atoms. The summed E-state index contributed by atoms with van der Waals surface area (Å²) in [5.74, 6) is 0.682. The van der Waals surface area contributed by atoms with E-state index in [2.05, 4.69) is 23.3 Å². The van der Waals surface area contributed by atoms with Crippen LogP contribution in [0.3, 0.4) is 0 Å². The summed E-state index contributed by atoms with van der Waals surface area (Å²) >= 11 is 0. The molecule has 2 aliphatic carbocycles. The van der Waals surface area contributed by atoms with Crippen LogP contribution in [0.4, 0.5) is 0 Å². The Labute approximate surface area is 204 Å². The van der Waals surface area contributed by atoms with Crippen molar-refractivity contribution in [1.29, 1.82) is 0 Å². The van der Waals surface area contributed by atoms with Crippen LogP contribution in [0.15, 0.2) is 58.3 Å². The predicted octanol–water partition coefficient (Wildman–Crippen LogP) is 5.07. The van der Waals surface area contributed by atoms with Gasteiger partial charge in [0, 0.05) is 12.1 Å². The van der Waals surface area contributed by atoms with E-state index in [9.17, 15) is 16.8 Å². The van der Waals surface area contributed by atoms with E-state index in [1.165, 1.54) is 0 Å². The number of hydrogen-bond acceptors (Lipinski definition) is 4. The van der Waals surface area contributed by atoms with Gasteiger partial charge in [-0.1, -0.05) is 63.8 Å². The van der Waals surface area contributed by atoms with Gasteiger partial charge >= 0.3 is 0 Å². The average Bonchev–Trinajstić information content (AvgIpc) is 2.82. The van der Waals surface area contributed by atoms with Crippen molar-refractivity contribution >= 4 is 20.0 Å². The molecule has 2 aliphatic rings. The van der Waals surface area contributed by atoms with E-state index in [4.69, 9.17) is 0 Å². The molecule has 0 aromatic heterocycles. The van der Waals surface area contributed by atoms with Crippen LogP contribution in [0.25, 0.3) is 11.1 Å². The summed E-state index contributed by atoms with van der Waals surface area (Å²) in [6, 6.07) is 13.5. The molecule has 8 heteroatoms. The van der Waals surface area contributed by atoms with E-state index in [0.717, 1.165) is 62.5 Å². The van der Waals surface area contributed by atoms with Gasteiger partial charge in [0.15, 0.2) is 0 Å². The van der Waals surface area contributed by atoms with E-state index < -0.39 is 20.0 Å². The van der Waals surface area contributed by atoms with Gasteiger partial charge in [0.1, 0.15) is 0 Å². The molecule has 4 atom stereocenters. The van der Waals surface area contributed by atoms with Crippen LogP contribution in [0.2, 0.25) is 0 Å². The van der Waals surface area contributed by atoms with Gasteiger partial charge in [0.05, 0.1) is 9.79 Å². The fourth-order valence-electron chi connectivity index (χ4n) is 5.17. The highest BCUT2D eigenvalue weighted by Gasteiger charge is 2.28. The number of sulfonamides is 2. The highest BCUT2D eigenvalue weighted by molar-refractivity contribution is 7.89. The summed E-state index contributed by atoms with van der Waals surface area (Å²) in [7, 11) is -7.15. The Hall–Kier alpha value is -1.74. The van der Waals surface area contributed by atoms with Crippen LogP contribution in [-0.4, -0.2) is 28.9 Å². The SMILES string of the molecule is CC1CCCCC1NS(=O)(=O)c1ccc(-c2ccc(S(=O)(=O)NC3CCCCC3C)cc2)cc1. The molecule has 0 heterocycles. The smallest absolute Gasteiger partial charge is 0.208 e. The van der Waals surface area contributed by atoms with Gasteiger partial charge in [0.25, 0.3) is 0 Å². The summed E-state index contributed by atoms with van der Waals surface area (Å²) in [4.78, 5) is 0.498. The fourth-order valence-corrected chi connectivity index (χ4v) is 7.93. The average molecular weight is 505 g/mol. The van der Waals surface area contributed by atoms with Crippen molar-refractivity contribution < 1.29 is 16.8 Å². The topological polar surface area (TPSA) is 92.3 Å². The maximum Gasteiger partial charge on any atom is 0.240 e. The second kappa shape index (κ2) is 10.5. The summed E-state index contributed by atoms with van der Waals surface area (Å²) < 4.78 is 57.2. The van der Waals surface area contributed by atoms with Crippen molar-refractivity contribution in [2.45, 2.75) is 87.1 Å². The molecule has 2 aromatic carbocycles. The van der Waals surface area contributed by atoms with Crippen LogP contribution < -0.4 is 9.44 Å². The third-order valence-corrected chi connectivity index (χ3v) is 10.5. The zero-order valence-corrected chi connectivity index (χ0v) is 21.7. The molecule has 2 N–H and O–H groups in total. The Balaban J connectivity index is 1.44. The molecule has 0 radical (unpaired) electrons. The Morgan fingerprint density at radius 3 is 1.21 bits per heavy atom. The lowest BCUT2D eigenvalue weighted by Gasteiger charge is -2.29. The third kappa shape index (κ3) is 5.90. The van der Waals surface area contributed by atoms with Crippen molar-refractivity contribution in [3.63, 3.8) is 0 Å². The van der Waals surface area contributed by atoms with E-state index in [1.54, 1.807) is 48.5 Å². The second-order valence-corrected chi connectivity index (χ2v) is 13.5. The van der Waals surface area contributed by atoms with Gasteiger partial charge in [-0.3, -0.25) is 0 Å². The number of nitrogens with one attached hydrogen (secondary N) is 2. The van der Waals surface area contributed by atoms with E-state index in [1.807, 2.05) is 0 Å². The molecule has 2 fully saturated rings. The fraction of sp³-hybridized carbons (Fsp3) is 0.538. The lowest BCUT2D eigenvalue weighted by Crippen LogP contribution is -2.40. The van der Waals surface area contributed by atoms with Gasteiger partial charge in [-0.2, -0.15) is 0 Å². The normalized spacial score (nSPS) is 26.3. The van der Waals surface area contributed by atoms with Crippen molar-refractivity contribution in [2.24, 2.45) is 11.8 Å². The quantitative estimate of drug-likeness (QED) is 0.551. The molecular weight excluding hydrogens is 468 g/mol. The highest BCUT2D eigenvalue weighted by Crippen LogP contribution is 2.28. The lowest BCUT2D eigenvalue weighted by molar-refractivity contribution is 0.310. The van der Waals surface area contributed by atoms with Gasteiger partial charge in [0.2, 0.25) is 20.0 Å². The van der Waals surface area contributed by atoms with Crippen molar-refractivity contribution in [3.05, 3.63) is 48.5 Å². The van der Waals surface area contributed by atoms with Gasteiger partial charge in [-0.15, -0.1) is 0 Å². The van der Waals surface area contributed by atoms with Crippen LogP contribution >= 0.6 is 0 Å². The Morgan fingerprint density at radius 1 is 0.559 bits per heavy atom. The molecule has 0 aliphatic heterocycles. The number of hydrogen-bond donors (Lipinski definition) is 2. The van der Waals surface area contributed by atoms with Gasteiger partial charge in [-0.05, 0) is 72.9 Å². The monoisotopic (exact) mass is 504 g/mol. The summed E-state index contributed by atoms with van der Waals surface area (Å²) in [5, 5.41) is 0. The molecular formula is C26H36N2O4S2. The van der Waals surface area contributed by atoms with Crippen molar-refractivity contribution in [2.75, 3.05) is 0 Å². The second-order valence-electron chi connectivity index (χ2n) is 10.0. The van der Waals surface area contributed by atoms with Gasteiger partial charge < -0.3 is 0 Å². The number of benzene rings is 2. The molecule has 0 saturated heterocycles. The van der Waals surface area contributed by atoms with Crippen LogP contribution in [0.5, 0.6) is 0 Å². The van der Waals surface area contributed by atoms with Gasteiger partial charge in [-0.25, -0.2) is 26.3 Å². The lowest BCUT2D eigenvalue weighted by atomic mass is 9.87. The zero-order valence-electron chi connectivity index (χ0n) is 20.0. The molecule has 2 aromatic rings. The number of rotatable bonds is 7. The van der Waals surface area contributed by atoms with Crippen molar-refractivity contribution in [1.82, 2.24) is 9.44 Å². The Bertz CT molecular complexity index is 1080. The molecule has 4 unspecified atom stereocenters. The minimum absolute atomic E-state index is 0.0156. The molecule has 34 heavy (non-hydrogen) atoms.